The van der Waals surface area contributed by atoms with Crippen LogP contribution < -0.4 is 9.62 Å². The van der Waals surface area contributed by atoms with Gasteiger partial charge in [0, 0.05) is 13.1 Å². The van der Waals surface area contributed by atoms with E-state index in [9.17, 15) is 18.0 Å². The summed E-state index contributed by atoms with van der Waals surface area (Å²) in [6, 6.07) is 13.8. The number of para-hydroxylation sites is 2. The predicted octanol–water partition coefficient (Wildman–Crippen LogP) is 3.14. The third kappa shape index (κ3) is 5.60. The molecule has 0 atom stereocenters. The van der Waals surface area contributed by atoms with E-state index < -0.39 is 15.9 Å². The third-order valence-corrected chi connectivity index (χ3v) is 5.94. The lowest BCUT2D eigenvalue weighted by molar-refractivity contribution is -0.114. The standard InChI is InChI=1S/C22H29N3O4S/c1-5-17-12-8-11-15-20(17)25(30(4,28)29)16-21(26)23-19-14-10-9-13-18(19)22(27)24(6-2)7-3/h8-15H,5-7,16H2,1-4H3,(H,23,26). The molecule has 0 aromatic heterocycles. The van der Waals surface area contributed by atoms with Gasteiger partial charge in [0.05, 0.1) is 23.2 Å². The number of carbonyl (C=O) groups excluding carboxylic acids is 2. The van der Waals surface area contributed by atoms with Gasteiger partial charge >= 0.3 is 0 Å². The number of hydrogen-bond donors (Lipinski definition) is 1. The molecular weight excluding hydrogens is 402 g/mol. The van der Waals surface area contributed by atoms with Crippen LogP contribution in [0.25, 0.3) is 0 Å². The molecule has 2 rings (SSSR count). The highest BCUT2D eigenvalue weighted by Crippen LogP contribution is 2.24. The van der Waals surface area contributed by atoms with Crippen molar-refractivity contribution in [2.75, 3.05) is 35.5 Å². The fourth-order valence-electron chi connectivity index (χ4n) is 3.21. The zero-order valence-electron chi connectivity index (χ0n) is 17.9. The maximum absolute atomic E-state index is 12.8. The highest BCUT2D eigenvalue weighted by atomic mass is 32.2. The van der Waals surface area contributed by atoms with Crippen LogP contribution in [-0.4, -0.2) is 51.0 Å². The molecule has 30 heavy (non-hydrogen) atoms. The minimum atomic E-state index is -3.69. The Morgan fingerprint density at radius 3 is 2.13 bits per heavy atom. The molecule has 0 aliphatic carbocycles. The van der Waals surface area contributed by atoms with Gasteiger partial charge in [-0.15, -0.1) is 0 Å². The lowest BCUT2D eigenvalue weighted by Gasteiger charge is -2.25. The molecule has 0 heterocycles. The number of hydrogen-bond acceptors (Lipinski definition) is 4. The molecular formula is C22H29N3O4S. The van der Waals surface area contributed by atoms with E-state index in [2.05, 4.69) is 5.32 Å². The van der Waals surface area contributed by atoms with Crippen molar-refractivity contribution < 1.29 is 18.0 Å². The number of anilines is 2. The van der Waals surface area contributed by atoms with Crippen molar-refractivity contribution in [3.63, 3.8) is 0 Å². The van der Waals surface area contributed by atoms with Gasteiger partial charge in [0.2, 0.25) is 15.9 Å². The molecule has 2 aromatic carbocycles. The summed E-state index contributed by atoms with van der Waals surface area (Å²) in [6.07, 6.45) is 1.70. The molecule has 0 aliphatic rings. The number of nitrogens with one attached hydrogen (secondary N) is 1. The molecule has 162 valence electrons. The molecule has 0 bridgehead atoms. The van der Waals surface area contributed by atoms with Gasteiger partial charge < -0.3 is 10.2 Å². The van der Waals surface area contributed by atoms with E-state index in [1.54, 1.807) is 41.3 Å². The molecule has 0 radical (unpaired) electrons. The van der Waals surface area contributed by atoms with Crippen LogP contribution in [0.3, 0.4) is 0 Å². The highest BCUT2D eigenvalue weighted by Gasteiger charge is 2.24. The quantitative estimate of drug-likeness (QED) is 0.661. The van der Waals surface area contributed by atoms with Crippen molar-refractivity contribution in [2.24, 2.45) is 0 Å². The zero-order chi connectivity index (χ0) is 22.3. The first-order valence-electron chi connectivity index (χ1n) is 9.96. The second kappa shape index (κ2) is 10.2. The van der Waals surface area contributed by atoms with Gasteiger partial charge in [-0.05, 0) is 44.0 Å². The first kappa shape index (κ1) is 23.4. The maximum atomic E-state index is 12.8. The van der Waals surface area contributed by atoms with Crippen LogP contribution >= 0.6 is 0 Å². The Labute approximate surface area is 178 Å². The van der Waals surface area contributed by atoms with Crippen molar-refractivity contribution in [1.82, 2.24) is 4.90 Å². The van der Waals surface area contributed by atoms with Gasteiger partial charge in [0.1, 0.15) is 6.54 Å². The molecule has 7 nitrogen and oxygen atoms in total. The number of carbonyl (C=O) groups is 2. The first-order valence-corrected chi connectivity index (χ1v) is 11.8. The lowest BCUT2D eigenvalue weighted by Crippen LogP contribution is -2.38. The number of benzene rings is 2. The normalized spacial score (nSPS) is 11.1. The summed E-state index contributed by atoms with van der Waals surface area (Å²) >= 11 is 0. The molecule has 8 heteroatoms. The zero-order valence-corrected chi connectivity index (χ0v) is 18.7. The molecule has 0 aliphatic heterocycles. The summed E-state index contributed by atoms with van der Waals surface area (Å²) in [7, 11) is -3.69. The highest BCUT2D eigenvalue weighted by molar-refractivity contribution is 7.92. The van der Waals surface area contributed by atoms with Crippen LogP contribution in [0.2, 0.25) is 0 Å². The average molecular weight is 432 g/mol. The molecule has 0 fully saturated rings. The predicted molar refractivity (Wildman–Crippen MR) is 120 cm³/mol. The van der Waals surface area contributed by atoms with Crippen molar-refractivity contribution >= 4 is 33.2 Å². The number of aryl methyl sites for hydroxylation is 1. The molecule has 0 unspecified atom stereocenters. The van der Waals surface area contributed by atoms with Gasteiger partial charge in [-0.1, -0.05) is 37.3 Å². The van der Waals surface area contributed by atoms with Gasteiger partial charge in [0.15, 0.2) is 0 Å². The minimum absolute atomic E-state index is 0.188. The monoisotopic (exact) mass is 431 g/mol. The summed E-state index contributed by atoms with van der Waals surface area (Å²) in [5.41, 5.74) is 2.03. The summed E-state index contributed by atoms with van der Waals surface area (Å²) in [6.45, 7) is 6.41. The van der Waals surface area contributed by atoms with Crippen LogP contribution in [0.4, 0.5) is 11.4 Å². The Morgan fingerprint density at radius 2 is 1.53 bits per heavy atom. The van der Waals surface area contributed by atoms with Gasteiger partial charge in [-0.3, -0.25) is 13.9 Å². The van der Waals surface area contributed by atoms with Crippen molar-refractivity contribution in [1.29, 1.82) is 0 Å². The van der Waals surface area contributed by atoms with E-state index in [0.29, 0.717) is 36.4 Å². The van der Waals surface area contributed by atoms with E-state index >= 15 is 0 Å². The van der Waals surface area contributed by atoms with E-state index in [1.807, 2.05) is 32.9 Å². The summed E-state index contributed by atoms with van der Waals surface area (Å²) in [4.78, 5) is 27.2. The number of sulfonamides is 1. The van der Waals surface area contributed by atoms with Gasteiger partial charge in [-0.25, -0.2) is 8.42 Å². The Kier molecular flexibility index (Phi) is 8.00. The third-order valence-electron chi connectivity index (χ3n) is 4.81. The second-order valence-electron chi connectivity index (χ2n) is 6.82. The first-order chi connectivity index (χ1) is 14.2. The Morgan fingerprint density at radius 1 is 0.933 bits per heavy atom. The minimum Gasteiger partial charge on any atom is -0.339 e. The number of amides is 2. The number of rotatable bonds is 9. The Balaban J connectivity index is 2.31. The van der Waals surface area contributed by atoms with Crippen LogP contribution in [-0.2, 0) is 21.2 Å². The molecule has 1 N–H and O–H groups in total. The van der Waals surface area contributed by atoms with Crippen LogP contribution in [0.5, 0.6) is 0 Å². The fourth-order valence-corrected chi connectivity index (χ4v) is 4.10. The average Bonchev–Trinajstić information content (AvgIpc) is 2.72. The molecule has 0 saturated carbocycles. The van der Waals surface area contributed by atoms with E-state index in [4.69, 9.17) is 0 Å². The summed E-state index contributed by atoms with van der Waals surface area (Å²) in [5, 5.41) is 2.71. The molecule has 0 spiro atoms. The van der Waals surface area contributed by atoms with E-state index in [0.717, 1.165) is 16.1 Å². The summed E-state index contributed by atoms with van der Waals surface area (Å²) < 4.78 is 25.9. The van der Waals surface area contributed by atoms with Crippen molar-refractivity contribution in [2.45, 2.75) is 27.2 Å². The summed E-state index contributed by atoms with van der Waals surface area (Å²) in [5.74, 6) is -0.710. The van der Waals surface area contributed by atoms with Crippen LogP contribution in [0.15, 0.2) is 48.5 Å². The van der Waals surface area contributed by atoms with Gasteiger partial charge in [0.25, 0.3) is 5.91 Å². The van der Waals surface area contributed by atoms with Crippen molar-refractivity contribution in [3.05, 3.63) is 59.7 Å². The molecule has 2 amide bonds. The largest absolute Gasteiger partial charge is 0.339 e. The van der Waals surface area contributed by atoms with Crippen LogP contribution in [0, 0.1) is 0 Å². The Bertz CT molecular complexity index is 1000. The fraction of sp³-hybridized carbons (Fsp3) is 0.364. The van der Waals surface area contributed by atoms with E-state index in [-0.39, 0.29) is 12.5 Å². The molecule has 0 saturated heterocycles. The maximum Gasteiger partial charge on any atom is 0.255 e. The van der Waals surface area contributed by atoms with Crippen molar-refractivity contribution in [3.8, 4) is 0 Å². The van der Waals surface area contributed by atoms with Gasteiger partial charge in [-0.2, -0.15) is 0 Å². The Hall–Kier alpha value is -2.87. The van der Waals surface area contributed by atoms with Crippen LogP contribution in [0.1, 0.15) is 36.7 Å². The second-order valence-corrected chi connectivity index (χ2v) is 8.73. The smallest absolute Gasteiger partial charge is 0.255 e. The van der Waals surface area contributed by atoms with E-state index in [1.165, 1.54) is 0 Å². The topological polar surface area (TPSA) is 86.8 Å². The lowest BCUT2D eigenvalue weighted by atomic mass is 10.1. The number of nitrogens with zero attached hydrogens (tertiary/aromatic N) is 2. The SMILES string of the molecule is CCc1ccccc1N(CC(=O)Nc1ccccc1C(=O)N(CC)CC)S(C)(=O)=O. The molecule has 2 aromatic rings.